The van der Waals surface area contributed by atoms with Crippen LogP contribution in [0.4, 0.5) is 0 Å². The summed E-state index contributed by atoms with van der Waals surface area (Å²) in [6.45, 7) is 23.7. The summed E-state index contributed by atoms with van der Waals surface area (Å²) in [6, 6.07) is 53.9. The number of aromatic nitrogens is 2. The van der Waals surface area contributed by atoms with E-state index in [-0.39, 0.29) is 28.4 Å². The number of hydrogen-bond acceptors (Lipinski definition) is 0. The number of benzene rings is 7. The van der Waals surface area contributed by atoms with Crippen LogP contribution in [0, 0.1) is 0 Å². The summed E-state index contributed by atoms with van der Waals surface area (Å²) in [5, 5.41) is 5.36. The van der Waals surface area contributed by atoms with Crippen molar-refractivity contribution < 1.29 is 0 Å². The van der Waals surface area contributed by atoms with E-state index in [4.69, 9.17) is 0 Å². The molecule has 3 heteroatoms. The monoisotopic (exact) mass is 764 g/mol. The van der Waals surface area contributed by atoms with E-state index in [1.54, 1.807) is 0 Å². The Morgan fingerprint density at radius 3 is 1.29 bits per heavy atom. The largest absolute Gasteiger partial charge is 0.310 e. The maximum absolute atomic E-state index is 2.62. The van der Waals surface area contributed by atoms with Gasteiger partial charge in [-0.05, 0) is 109 Å². The average Bonchev–Trinajstić information content (AvgIpc) is 3.74. The van der Waals surface area contributed by atoms with E-state index in [0.717, 1.165) is 0 Å². The smallest absolute Gasteiger partial charge is 0.252 e. The Hall–Kier alpha value is -5.80. The van der Waals surface area contributed by atoms with Crippen LogP contribution in [-0.4, -0.2) is 15.8 Å². The van der Waals surface area contributed by atoms with Crippen LogP contribution in [0.5, 0.6) is 0 Å². The summed E-state index contributed by atoms with van der Waals surface area (Å²) in [5.74, 6) is 0. The van der Waals surface area contributed by atoms with Crippen molar-refractivity contribution in [3.8, 4) is 11.4 Å². The lowest BCUT2D eigenvalue weighted by atomic mass is 9.34. The SMILES string of the molecule is CC(C)(C)c1ccc2c(c1)c1cc(C(C)(C)C)cc3c1n2-c1cccc2c1B3c1cc(C(C)(C)c3ccccc3)cc3c4cc(C(C)(C)c5ccccc5)ccc4n-2c13. The molecule has 2 nitrogen and oxygen atoms in total. The molecule has 0 saturated heterocycles. The molecule has 11 rings (SSSR count). The van der Waals surface area contributed by atoms with Crippen molar-refractivity contribution >= 4 is 66.7 Å². The molecule has 0 unspecified atom stereocenters. The van der Waals surface area contributed by atoms with Crippen LogP contribution >= 0.6 is 0 Å². The fraction of sp³-hybridized carbons (Fsp3) is 0.250. The van der Waals surface area contributed by atoms with Crippen LogP contribution in [0.2, 0.25) is 0 Å². The standard InChI is InChI=1S/C56H53BN2/c1-53(2,3)36-24-26-46-40(28-36)42-30-38(54(4,5)6)32-44-51(42)58(46)48-22-17-23-49-50(48)57(44)45-33-39(56(9,10)35-20-15-12-16-21-35)31-43-41-29-37(25-27-47(41)59(49)52(43)45)55(7,8)34-18-13-11-14-19-34/h11-33H,1-10H3. The predicted molar refractivity (Wildman–Crippen MR) is 254 cm³/mol. The minimum Gasteiger partial charge on any atom is -0.310 e. The van der Waals surface area contributed by atoms with Crippen LogP contribution < -0.4 is 16.4 Å². The number of fused-ring (bicyclic) bond motifs is 10. The molecule has 0 atom stereocenters. The first-order valence-electron chi connectivity index (χ1n) is 21.6. The Bertz CT molecular complexity index is 3210. The zero-order chi connectivity index (χ0) is 41.0. The van der Waals surface area contributed by atoms with Crippen LogP contribution in [0.3, 0.4) is 0 Å². The molecular formula is C56H53BN2. The third-order valence-electron chi connectivity index (χ3n) is 14.4. The molecule has 7 aromatic carbocycles. The van der Waals surface area contributed by atoms with Gasteiger partial charge in [-0.2, -0.15) is 0 Å². The zero-order valence-electron chi connectivity index (χ0n) is 36.3. The summed E-state index contributed by atoms with van der Waals surface area (Å²) in [4.78, 5) is 0. The second kappa shape index (κ2) is 11.9. The molecular weight excluding hydrogens is 711 g/mol. The first kappa shape index (κ1) is 36.3. The second-order valence-electron chi connectivity index (χ2n) is 20.7. The highest BCUT2D eigenvalue weighted by atomic mass is 15.0. The fourth-order valence-corrected chi connectivity index (χ4v) is 10.7. The van der Waals surface area contributed by atoms with Gasteiger partial charge in [0, 0.05) is 54.8 Å². The van der Waals surface area contributed by atoms with Gasteiger partial charge in [-0.25, -0.2) is 0 Å². The molecule has 0 fully saturated rings. The molecule has 290 valence electrons. The molecule has 0 spiro atoms. The number of nitrogens with zero attached hydrogens (tertiary/aromatic N) is 2. The lowest BCUT2D eigenvalue weighted by Crippen LogP contribution is -2.59. The molecule has 0 aliphatic carbocycles. The molecule has 0 bridgehead atoms. The molecule has 2 aliphatic rings. The Kier molecular flexibility index (Phi) is 7.33. The minimum atomic E-state index is -0.226. The van der Waals surface area contributed by atoms with E-state index < -0.39 is 0 Å². The third kappa shape index (κ3) is 5.00. The molecule has 0 N–H and O–H groups in total. The van der Waals surface area contributed by atoms with Crippen LogP contribution in [-0.2, 0) is 21.7 Å². The summed E-state index contributed by atoms with van der Waals surface area (Å²) >= 11 is 0. The van der Waals surface area contributed by atoms with Gasteiger partial charge in [-0.3, -0.25) is 0 Å². The number of rotatable bonds is 4. The van der Waals surface area contributed by atoms with Gasteiger partial charge >= 0.3 is 0 Å². The Morgan fingerprint density at radius 2 is 0.780 bits per heavy atom. The molecule has 0 radical (unpaired) electrons. The third-order valence-corrected chi connectivity index (χ3v) is 14.4. The molecule has 0 amide bonds. The van der Waals surface area contributed by atoms with E-state index >= 15 is 0 Å². The second-order valence-corrected chi connectivity index (χ2v) is 20.7. The van der Waals surface area contributed by atoms with Gasteiger partial charge in [-0.1, -0.05) is 160 Å². The van der Waals surface area contributed by atoms with Crippen LogP contribution in [0.1, 0.15) is 103 Å². The number of hydrogen-bond donors (Lipinski definition) is 0. The fourth-order valence-electron chi connectivity index (χ4n) is 10.7. The summed E-state index contributed by atoms with van der Waals surface area (Å²) in [5.41, 5.74) is 19.8. The van der Waals surface area contributed by atoms with Crippen molar-refractivity contribution in [3.63, 3.8) is 0 Å². The van der Waals surface area contributed by atoms with Gasteiger partial charge in [0.25, 0.3) is 6.71 Å². The normalized spacial score (nSPS) is 13.9. The first-order valence-corrected chi connectivity index (χ1v) is 21.6. The molecule has 9 aromatic rings. The van der Waals surface area contributed by atoms with Gasteiger partial charge in [0.05, 0.1) is 11.0 Å². The van der Waals surface area contributed by atoms with Crippen molar-refractivity contribution in [1.29, 1.82) is 0 Å². The molecule has 4 heterocycles. The lowest BCUT2D eigenvalue weighted by Gasteiger charge is -2.35. The highest BCUT2D eigenvalue weighted by Crippen LogP contribution is 2.44. The maximum Gasteiger partial charge on any atom is 0.252 e. The van der Waals surface area contributed by atoms with Gasteiger partial charge in [0.2, 0.25) is 0 Å². The van der Waals surface area contributed by atoms with Crippen molar-refractivity contribution in [2.75, 3.05) is 0 Å². The molecule has 2 aromatic heterocycles. The maximum atomic E-state index is 2.62. The van der Waals surface area contributed by atoms with E-state index in [2.05, 4.69) is 218 Å². The quantitative estimate of drug-likeness (QED) is 0.158. The highest BCUT2D eigenvalue weighted by Gasteiger charge is 2.42. The highest BCUT2D eigenvalue weighted by molar-refractivity contribution is 7.00. The van der Waals surface area contributed by atoms with Crippen molar-refractivity contribution in [2.45, 2.75) is 90.9 Å². The lowest BCUT2D eigenvalue weighted by molar-refractivity contribution is 0.590. The van der Waals surface area contributed by atoms with Gasteiger partial charge in [0.15, 0.2) is 0 Å². The zero-order valence-corrected chi connectivity index (χ0v) is 36.3. The Morgan fingerprint density at radius 1 is 0.356 bits per heavy atom. The van der Waals surface area contributed by atoms with E-state index in [1.165, 1.54) is 105 Å². The van der Waals surface area contributed by atoms with Crippen molar-refractivity contribution in [3.05, 3.63) is 173 Å². The van der Waals surface area contributed by atoms with Crippen LogP contribution in [0.25, 0.3) is 55.0 Å². The van der Waals surface area contributed by atoms with Gasteiger partial charge in [0.1, 0.15) is 0 Å². The van der Waals surface area contributed by atoms with E-state index in [1.807, 2.05) is 0 Å². The summed E-state index contributed by atoms with van der Waals surface area (Å²) in [6.07, 6.45) is 0. The summed E-state index contributed by atoms with van der Waals surface area (Å²) in [7, 11) is 0. The van der Waals surface area contributed by atoms with Crippen LogP contribution in [0.15, 0.2) is 140 Å². The Balaban J connectivity index is 1.30. The van der Waals surface area contributed by atoms with E-state index in [0.29, 0.717) is 0 Å². The van der Waals surface area contributed by atoms with Crippen molar-refractivity contribution in [1.82, 2.24) is 9.13 Å². The van der Waals surface area contributed by atoms with E-state index in [9.17, 15) is 0 Å². The first-order chi connectivity index (χ1) is 28.0. The summed E-state index contributed by atoms with van der Waals surface area (Å²) < 4.78 is 5.23. The molecule has 59 heavy (non-hydrogen) atoms. The Labute approximate surface area is 349 Å². The minimum absolute atomic E-state index is 0.0292. The topological polar surface area (TPSA) is 9.86 Å². The van der Waals surface area contributed by atoms with Crippen molar-refractivity contribution in [2.24, 2.45) is 0 Å². The molecule has 2 aliphatic heterocycles. The molecule has 0 saturated carbocycles. The average molecular weight is 765 g/mol. The van der Waals surface area contributed by atoms with Gasteiger partial charge in [-0.15, -0.1) is 0 Å². The van der Waals surface area contributed by atoms with Gasteiger partial charge < -0.3 is 9.13 Å². The predicted octanol–water partition coefficient (Wildman–Crippen LogP) is 12.3.